The standard InChI is InChI=1S/C12H12F2O2/c13-12(14)5-10(6-12)8-16-11-3-1-2-9(4-11)7-15/h1-4,7,10H,5-6,8H2. The number of carbonyl (C=O) groups is 1. The molecule has 0 aromatic heterocycles. The topological polar surface area (TPSA) is 26.3 Å². The van der Waals surface area contributed by atoms with E-state index in [0.29, 0.717) is 11.3 Å². The summed E-state index contributed by atoms with van der Waals surface area (Å²) >= 11 is 0. The number of halogens is 2. The van der Waals surface area contributed by atoms with Crippen molar-refractivity contribution in [2.24, 2.45) is 5.92 Å². The van der Waals surface area contributed by atoms with Gasteiger partial charge in [0.15, 0.2) is 0 Å². The molecule has 4 heteroatoms. The second kappa shape index (κ2) is 4.20. The van der Waals surface area contributed by atoms with E-state index in [4.69, 9.17) is 4.74 Å². The summed E-state index contributed by atoms with van der Waals surface area (Å²) in [5.41, 5.74) is 0.524. The summed E-state index contributed by atoms with van der Waals surface area (Å²) < 4.78 is 30.4. The van der Waals surface area contributed by atoms with Crippen molar-refractivity contribution >= 4 is 6.29 Å². The summed E-state index contributed by atoms with van der Waals surface area (Å²) in [5, 5.41) is 0. The van der Waals surface area contributed by atoms with Gasteiger partial charge in [0, 0.05) is 24.3 Å². The SMILES string of the molecule is O=Cc1cccc(OCC2CC(F)(F)C2)c1. The van der Waals surface area contributed by atoms with E-state index < -0.39 is 5.92 Å². The Kier molecular flexibility index (Phi) is 2.90. The zero-order valence-electron chi connectivity index (χ0n) is 8.66. The Labute approximate surface area is 92.2 Å². The number of carbonyl (C=O) groups excluding carboxylic acids is 1. The zero-order chi connectivity index (χ0) is 11.6. The van der Waals surface area contributed by atoms with E-state index in [0.717, 1.165) is 6.29 Å². The van der Waals surface area contributed by atoms with E-state index in [1.165, 1.54) is 0 Å². The van der Waals surface area contributed by atoms with Crippen molar-refractivity contribution in [1.29, 1.82) is 0 Å². The third kappa shape index (κ3) is 2.56. The van der Waals surface area contributed by atoms with E-state index in [2.05, 4.69) is 0 Å². The Balaban J connectivity index is 1.84. The first-order chi connectivity index (χ1) is 7.59. The number of aldehydes is 1. The molecule has 1 aromatic carbocycles. The largest absolute Gasteiger partial charge is 0.493 e. The Bertz CT molecular complexity index is 382. The molecule has 1 fully saturated rings. The maximum Gasteiger partial charge on any atom is 0.248 e. The van der Waals surface area contributed by atoms with Crippen molar-refractivity contribution in [3.05, 3.63) is 29.8 Å². The van der Waals surface area contributed by atoms with Crippen LogP contribution in [0.5, 0.6) is 5.75 Å². The molecule has 0 spiro atoms. The van der Waals surface area contributed by atoms with Gasteiger partial charge in [0.05, 0.1) is 6.61 Å². The van der Waals surface area contributed by atoms with E-state index in [-0.39, 0.29) is 25.4 Å². The van der Waals surface area contributed by atoms with Crippen molar-refractivity contribution in [3.8, 4) is 5.75 Å². The fourth-order valence-corrected chi connectivity index (χ4v) is 1.79. The minimum atomic E-state index is -2.50. The molecule has 0 heterocycles. The first-order valence-corrected chi connectivity index (χ1v) is 5.15. The average molecular weight is 226 g/mol. The normalized spacial score (nSPS) is 18.9. The van der Waals surface area contributed by atoms with Crippen LogP contribution in [0.3, 0.4) is 0 Å². The molecule has 0 saturated heterocycles. The van der Waals surface area contributed by atoms with Gasteiger partial charge >= 0.3 is 0 Å². The monoisotopic (exact) mass is 226 g/mol. The van der Waals surface area contributed by atoms with Gasteiger partial charge in [-0.15, -0.1) is 0 Å². The van der Waals surface area contributed by atoms with Crippen molar-refractivity contribution in [2.45, 2.75) is 18.8 Å². The number of ether oxygens (including phenoxy) is 1. The van der Waals surface area contributed by atoms with Gasteiger partial charge in [-0.3, -0.25) is 4.79 Å². The van der Waals surface area contributed by atoms with Gasteiger partial charge < -0.3 is 4.74 Å². The lowest BCUT2D eigenvalue weighted by Gasteiger charge is -2.34. The molecule has 1 saturated carbocycles. The second-order valence-electron chi connectivity index (χ2n) is 4.13. The molecule has 2 rings (SSSR count). The van der Waals surface area contributed by atoms with Crippen LogP contribution in [0.25, 0.3) is 0 Å². The lowest BCUT2D eigenvalue weighted by Crippen LogP contribution is -2.38. The van der Waals surface area contributed by atoms with Crippen LogP contribution in [0.4, 0.5) is 8.78 Å². The average Bonchev–Trinajstić information content (AvgIpc) is 2.23. The first-order valence-electron chi connectivity index (χ1n) is 5.15. The molecule has 16 heavy (non-hydrogen) atoms. The van der Waals surface area contributed by atoms with Gasteiger partial charge in [-0.2, -0.15) is 0 Å². The second-order valence-corrected chi connectivity index (χ2v) is 4.13. The molecule has 0 N–H and O–H groups in total. The summed E-state index contributed by atoms with van der Waals surface area (Å²) in [6.45, 7) is 0.290. The molecule has 0 bridgehead atoms. The molecule has 1 aliphatic rings. The molecule has 2 nitrogen and oxygen atoms in total. The molecule has 0 radical (unpaired) electrons. The van der Waals surface area contributed by atoms with Crippen LogP contribution in [0, 0.1) is 5.92 Å². The number of rotatable bonds is 4. The van der Waals surface area contributed by atoms with E-state index in [9.17, 15) is 13.6 Å². The van der Waals surface area contributed by atoms with Gasteiger partial charge in [0.1, 0.15) is 12.0 Å². The summed E-state index contributed by atoms with van der Waals surface area (Å²) in [6, 6.07) is 6.68. The van der Waals surface area contributed by atoms with E-state index >= 15 is 0 Å². The lowest BCUT2D eigenvalue weighted by molar-refractivity contribution is -0.119. The highest BCUT2D eigenvalue weighted by Gasteiger charge is 2.45. The van der Waals surface area contributed by atoms with Gasteiger partial charge in [0.2, 0.25) is 5.92 Å². The fraction of sp³-hybridized carbons (Fsp3) is 0.417. The van der Waals surface area contributed by atoms with Crippen LogP contribution in [-0.2, 0) is 0 Å². The smallest absolute Gasteiger partial charge is 0.248 e. The summed E-state index contributed by atoms with van der Waals surface area (Å²) in [6.07, 6.45) is 0.533. The third-order valence-electron chi connectivity index (χ3n) is 2.65. The van der Waals surface area contributed by atoms with Crippen LogP contribution in [0.1, 0.15) is 23.2 Å². The molecule has 0 atom stereocenters. The highest BCUT2D eigenvalue weighted by molar-refractivity contribution is 5.75. The quantitative estimate of drug-likeness (QED) is 0.738. The van der Waals surface area contributed by atoms with Gasteiger partial charge in [-0.25, -0.2) is 8.78 Å². The summed E-state index contributed by atoms with van der Waals surface area (Å²) in [5.74, 6) is -2.02. The van der Waals surface area contributed by atoms with Crippen LogP contribution in [-0.4, -0.2) is 18.8 Å². The molecule has 0 aliphatic heterocycles. The Morgan fingerprint density at radius 1 is 1.44 bits per heavy atom. The van der Waals surface area contributed by atoms with E-state index in [1.54, 1.807) is 24.3 Å². The number of alkyl halides is 2. The molecule has 1 aromatic rings. The predicted octanol–water partition coefficient (Wildman–Crippen LogP) is 2.92. The fourth-order valence-electron chi connectivity index (χ4n) is 1.79. The van der Waals surface area contributed by atoms with Crippen LogP contribution < -0.4 is 4.74 Å². The van der Waals surface area contributed by atoms with Gasteiger partial charge in [-0.05, 0) is 12.1 Å². The van der Waals surface area contributed by atoms with Crippen LogP contribution >= 0.6 is 0 Å². The summed E-state index contributed by atoms with van der Waals surface area (Å²) in [7, 11) is 0. The number of benzene rings is 1. The summed E-state index contributed by atoms with van der Waals surface area (Å²) in [4.78, 5) is 10.5. The first kappa shape index (κ1) is 11.0. The minimum Gasteiger partial charge on any atom is -0.493 e. The number of hydrogen-bond donors (Lipinski definition) is 0. The maximum absolute atomic E-state index is 12.5. The third-order valence-corrected chi connectivity index (χ3v) is 2.65. The van der Waals surface area contributed by atoms with Crippen molar-refractivity contribution in [1.82, 2.24) is 0 Å². The highest BCUT2D eigenvalue weighted by Crippen LogP contribution is 2.42. The molecular formula is C12H12F2O2. The van der Waals surface area contributed by atoms with Gasteiger partial charge in [0.25, 0.3) is 0 Å². The molecule has 1 aliphatic carbocycles. The highest BCUT2D eigenvalue weighted by atomic mass is 19.3. The van der Waals surface area contributed by atoms with Crippen LogP contribution in [0.15, 0.2) is 24.3 Å². The Hall–Kier alpha value is -1.45. The predicted molar refractivity (Wildman–Crippen MR) is 55.0 cm³/mol. The van der Waals surface area contributed by atoms with Crippen molar-refractivity contribution < 1.29 is 18.3 Å². The van der Waals surface area contributed by atoms with E-state index in [1.807, 2.05) is 0 Å². The molecule has 0 amide bonds. The zero-order valence-corrected chi connectivity index (χ0v) is 8.66. The molecular weight excluding hydrogens is 214 g/mol. The Morgan fingerprint density at radius 3 is 2.81 bits per heavy atom. The molecule has 0 unspecified atom stereocenters. The number of hydrogen-bond acceptors (Lipinski definition) is 2. The maximum atomic E-state index is 12.5. The van der Waals surface area contributed by atoms with Gasteiger partial charge in [-0.1, -0.05) is 12.1 Å². The minimum absolute atomic E-state index is 0.0742. The lowest BCUT2D eigenvalue weighted by atomic mass is 9.82. The van der Waals surface area contributed by atoms with Crippen molar-refractivity contribution in [2.75, 3.05) is 6.61 Å². The Morgan fingerprint density at radius 2 is 2.19 bits per heavy atom. The van der Waals surface area contributed by atoms with Crippen LogP contribution in [0.2, 0.25) is 0 Å². The van der Waals surface area contributed by atoms with Crippen molar-refractivity contribution in [3.63, 3.8) is 0 Å². The molecule has 86 valence electrons.